The molecule has 0 saturated heterocycles. The molecule has 18 heavy (non-hydrogen) atoms. The van der Waals surface area contributed by atoms with E-state index < -0.39 is 17.5 Å². The highest BCUT2D eigenvalue weighted by molar-refractivity contribution is 6.10. The van der Waals surface area contributed by atoms with Crippen molar-refractivity contribution in [3.8, 4) is 12.1 Å². The second-order valence-electron chi connectivity index (χ2n) is 3.23. The van der Waals surface area contributed by atoms with E-state index in [2.05, 4.69) is 10.5 Å². The van der Waals surface area contributed by atoms with Gasteiger partial charge < -0.3 is 5.11 Å². The number of nitriles is 2. The van der Waals surface area contributed by atoms with Gasteiger partial charge in [0.1, 0.15) is 18.0 Å². The average Bonchev–Trinajstić information content (AvgIpc) is 2.34. The van der Waals surface area contributed by atoms with Gasteiger partial charge in [-0.2, -0.15) is 15.6 Å². The molecule has 0 radical (unpaired) electrons. The van der Waals surface area contributed by atoms with Gasteiger partial charge in [-0.3, -0.25) is 5.43 Å². The third kappa shape index (κ3) is 2.80. The Morgan fingerprint density at radius 3 is 2.56 bits per heavy atom. The Balaban J connectivity index is 3.18. The highest BCUT2D eigenvalue weighted by Gasteiger charge is 2.11. The van der Waals surface area contributed by atoms with E-state index >= 15 is 0 Å². The number of hydrazone groups is 1. The Bertz CT molecular complexity index is 595. The van der Waals surface area contributed by atoms with Gasteiger partial charge in [0, 0.05) is 5.56 Å². The van der Waals surface area contributed by atoms with Crippen molar-refractivity contribution >= 4 is 17.4 Å². The number of halogens is 1. The molecular formula is C11H7FN4O2. The molecule has 0 spiro atoms. The number of carbonyl (C=O) groups is 1. The number of hydrogen-bond donors (Lipinski definition) is 2. The van der Waals surface area contributed by atoms with Crippen molar-refractivity contribution in [2.45, 2.75) is 6.92 Å². The van der Waals surface area contributed by atoms with E-state index in [9.17, 15) is 9.18 Å². The van der Waals surface area contributed by atoms with Crippen molar-refractivity contribution in [1.29, 1.82) is 10.5 Å². The zero-order chi connectivity index (χ0) is 13.7. The van der Waals surface area contributed by atoms with Crippen LogP contribution in [0.1, 0.15) is 15.9 Å². The van der Waals surface area contributed by atoms with Crippen LogP contribution >= 0.6 is 0 Å². The summed E-state index contributed by atoms with van der Waals surface area (Å²) in [5.74, 6) is -2.01. The van der Waals surface area contributed by atoms with Crippen LogP contribution in [0.15, 0.2) is 17.2 Å². The van der Waals surface area contributed by atoms with Crippen LogP contribution in [0.2, 0.25) is 0 Å². The molecule has 0 atom stereocenters. The van der Waals surface area contributed by atoms with Gasteiger partial charge >= 0.3 is 5.97 Å². The van der Waals surface area contributed by atoms with Gasteiger partial charge in [-0.1, -0.05) is 0 Å². The molecule has 0 saturated carbocycles. The van der Waals surface area contributed by atoms with Gasteiger partial charge in [0.05, 0.1) is 11.3 Å². The lowest BCUT2D eigenvalue weighted by Crippen LogP contribution is -2.03. The summed E-state index contributed by atoms with van der Waals surface area (Å²) in [6.45, 7) is 1.41. The summed E-state index contributed by atoms with van der Waals surface area (Å²) >= 11 is 0. The average molecular weight is 246 g/mol. The monoisotopic (exact) mass is 246 g/mol. The molecule has 0 bridgehead atoms. The molecule has 6 nitrogen and oxygen atoms in total. The zero-order valence-electron chi connectivity index (χ0n) is 9.23. The van der Waals surface area contributed by atoms with Gasteiger partial charge in [0.2, 0.25) is 5.71 Å². The Morgan fingerprint density at radius 2 is 2.06 bits per heavy atom. The standard InChI is InChI=1S/C11H7FN4O2/c1-6-9(12)2-7(11(17)18)3-10(6)16-15-8(4-13)5-14/h2-3,16H,1H3,(H,17,18). The maximum atomic E-state index is 13.4. The zero-order valence-corrected chi connectivity index (χ0v) is 9.23. The highest BCUT2D eigenvalue weighted by Crippen LogP contribution is 2.20. The van der Waals surface area contributed by atoms with Gasteiger partial charge in [0.25, 0.3) is 0 Å². The quantitative estimate of drug-likeness (QED) is 0.622. The first-order valence-corrected chi connectivity index (χ1v) is 4.67. The van der Waals surface area contributed by atoms with E-state index in [4.69, 9.17) is 15.6 Å². The van der Waals surface area contributed by atoms with Crippen LogP contribution < -0.4 is 5.43 Å². The van der Waals surface area contributed by atoms with E-state index in [1.807, 2.05) is 0 Å². The van der Waals surface area contributed by atoms with Crippen molar-refractivity contribution in [2.24, 2.45) is 5.10 Å². The molecule has 1 aromatic rings. The topological polar surface area (TPSA) is 109 Å². The van der Waals surface area contributed by atoms with Crippen molar-refractivity contribution in [1.82, 2.24) is 0 Å². The molecule has 2 N–H and O–H groups in total. The van der Waals surface area contributed by atoms with Crippen LogP contribution in [-0.4, -0.2) is 16.8 Å². The second kappa shape index (κ2) is 5.41. The van der Waals surface area contributed by atoms with Gasteiger partial charge in [-0.05, 0) is 19.1 Å². The fraction of sp³-hybridized carbons (Fsp3) is 0.0909. The Hall–Kier alpha value is -2.93. The number of aromatic carboxylic acids is 1. The number of anilines is 1. The maximum absolute atomic E-state index is 13.4. The lowest BCUT2D eigenvalue weighted by molar-refractivity contribution is 0.0696. The third-order valence-corrected chi connectivity index (χ3v) is 2.09. The molecule has 0 heterocycles. The summed E-state index contributed by atoms with van der Waals surface area (Å²) in [6, 6.07) is 5.06. The largest absolute Gasteiger partial charge is 0.478 e. The minimum atomic E-state index is -1.29. The molecule has 0 fully saturated rings. The summed E-state index contributed by atoms with van der Waals surface area (Å²) in [6.07, 6.45) is 0. The lowest BCUT2D eigenvalue weighted by Gasteiger charge is -2.07. The van der Waals surface area contributed by atoms with E-state index in [0.29, 0.717) is 0 Å². The molecule has 0 aliphatic rings. The molecule has 7 heteroatoms. The van der Waals surface area contributed by atoms with Gasteiger partial charge in [0.15, 0.2) is 0 Å². The van der Waals surface area contributed by atoms with Gasteiger partial charge in [-0.25, -0.2) is 9.18 Å². The fourth-order valence-corrected chi connectivity index (χ4v) is 1.11. The summed E-state index contributed by atoms with van der Waals surface area (Å²) in [5.41, 5.74) is 1.80. The first kappa shape index (κ1) is 13.1. The predicted octanol–water partition coefficient (Wildman–Crippen LogP) is 1.65. The second-order valence-corrected chi connectivity index (χ2v) is 3.23. The molecule has 1 aromatic carbocycles. The van der Waals surface area contributed by atoms with Crippen molar-refractivity contribution in [3.05, 3.63) is 29.1 Å². The molecule has 0 aromatic heterocycles. The van der Waals surface area contributed by atoms with Gasteiger partial charge in [-0.15, -0.1) is 0 Å². The number of carboxylic acids is 1. The van der Waals surface area contributed by atoms with E-state index in [0.717, 1.165) is 12.1 Å². The van der Waals surface area contributed by atoms with Crippen LogP contribution in [0.4, 0.5) is 10.1 Å². The predicted molar refractivity (Wildman–Crippen MR) is 60.4 cm³/mol. The van der Waals surface area contributed by atoms with E-state index in [1.165, 1.54) is 19.1 Å². The SMILES string of the molecule is Cc1c(F)cc(C(=O)O)cc1NN=C(C#N)C#N. The molecule has 0 amide bonds. The number of nitrogens with one attached hydrogen (secondary N) is 1. The van der Waals surface area contributed by atoms with E-state index in [1.54, 1.807) is 0 Å². The molecule has 0 unspecified atom stereocenters. The maximum Gasteiger partial charge on any atom is 0.335 e. The van der Waals surface area contributed by atoms with E-state index in [-0.39, 0.29) is 16.8 Å². The summed E-state index contributed by atoms with van der Waals surface area (Å²) in [7, 11) is 0. The minimum absolute atomic E-state index is 0.0791. The Labute approximate surface area is 102 Å². The number of benzene rings is 1. The van der Waals surface area contributed by atoms with Crippen LogP contribution in [0, 0.1) is 35.4 Å². The third-order valence-electron chi connectivity index (χ3n) is 2.09. The van der Waals surface area contributed by atoms with Crippen LogP contribution in [-0.2, 0) is 0 Å². The number of rotatable bonds is 3. The summed E-state index contributed by atoms with van der Waals surface area (Å²) in [4.78, 5) is 10.7. The fourth-order valence-electron chi connectivity index (χ4n) is 1.11. The molecule has 0 aliphatic carbocycles. The molecular weight excluding hydrogens is 239 g/mol. The minimum Gasteiger partial charge on any atom is -0.478 e. The smallest absolute Gasteiger partial charge is 0.335 e. The Kier molecular flexibility index (Phi) is 3.95. The normalized spacial score (nSPS) is 8.89. The summed E-state index contributed by atoms with van der Waals surface area (Å²) < 4.78 is 13.4. The Morgan fingerprint density at radius 1 is 1.44 bits per heavy atom. The molecule has 1 rings (SSSR count). The van der Waals surface area contributed by atoms with Crippen molar-refractivity contribution in [3.63, 3.8) is 0 Å². The number of nitrogens with zero attached hydrogens (tertiary/aromatic N) is 3. The first-order chi connectivity index (χ1) is 8.49. The first-order valence-electron chi connectivity index (χ1n) is 4.67. The number of hydrogen-bond acceptors (Lipinski definition) is 5. The number of carboxylic acid groups (broad SMARTS) is 1. The summed E-state index contributed by atoms with van der Waals surface area (Å²) in [5, 5.41) is 29.1. The molecule has 90 valence electrons. The van der Waals surface area contributed by atoms with Crippen molar-refractivity contribution < 1.29 is 14.3 Å². The van der Waals surface area contributed by atoms with Crippen LogP contribution in [0.3, 0.4) is 0 Å². The molecule has 0 aliphatic heterocycles. The van der Waals surface area contributed by atoms with Crippen LogP contribution in [0.5, 0.6) is 0 Å². The van der Waals surface area contributed by atoms with Crippen molar-refractivity contribution in [2.75, 3.05) is 5.43 Å². The highest BCUT2D eigenvalue weighted by atomic mass is 19.1. The lowest BCUT2D eigenvalue weighted by atomic mass is 10.1. The van der Waals surface area contributed by atoms with Crippen LogP contribution in [0.25, 0.3) is 0 Å².